The van der Waals surface area contributed by atoms with E-state index in [1.165, 1.54) is 0 Å². The van der Waals surface area contributed by atoms with Crippen molar-refractivity contribution in [2.75, 3.05) is 0 Å². The van der Waals surface area contributed by atoms with Gasteiger partial charge in [-0.15, -0.1) is 0 Å². The van der Waals surface area contributed by atoms with Crippen molar-refractivity contribution in [3.63, 3.8) is 0 Å². The fourth-order valence-electron chi connectivity index (χ4n) is 2.86. The number of aromatic hydroxyl groups is 1. The molecule has 22 heavy (non-hydrogen) atoms. The summed E-state index contributed by atoms with van der Waals surface area (Å²) in [6, 6.07) is 17.5. The molecular formula is C19H15NO2. The summed E-state index contributed by atoms with van der Waals surface area (Å²) in [5.74, 6) is 1.15. The Morgan fingerprint density at radius 1 is 0.955 bits per heavy atom. The zero-order valence-electron chi connectivity index (χ0n) is 12.1. The molecule has 0 saturated carbocycles. The standard InChI is InChI=1S/C19H15NO2/c1-12-10-14(11-22-12)19-18(13-6-8-15(21)9-7-13)16-4-2-3-5-17(16)20-19/h2-11,20-21H,1H3. The van der Waals surface area contributed by atoms with E-state index < -0.39 is 0 Å². The molecular weight excluding hydrogens is 274 g/mol. The van der Waals surface area contributed by atoms with Crippen LogP contribution in [0.25, 0.3) is 33.3 Å². The number of H-pyrrole nitrogens is 1. The van der Waals surface area contributed by atoms with Crippen LogP contribution < -0.4 is 0 Å². The number of benzene rings is 2. The van der Waals surface area contributed by atoms with Crippen LogP contribution in [0, 0.1) is 6.92 Å². The van der Waals surface area contributed by atoms with Crippen molar-refractivity contribution in [3.05, 3.63) is 66.6 Å². The van der Waals surface area contributed by atoms with Crippen molar-refractivity contribution in [1.29, 1.82) is 0 Å². The zero-order valence-corrected chi connectivity index (χ0v) is 12.1. The third kappa shape index (κ3) is 1.99. The second-order valence-corrected chi connectivity index (χ2v) is 5.41. The molecule has 0 spiro atoms. The molecule has 0 aliphatic heterocycles. The average Bonchev–Trinajstić information content (AvgIpc) is 3.11. The molecule has 4 rings (SSSR count). The number of hydrogen-bond donors (Lipinski definition) is 2. The fourth-order valence-corrected chi connectivity index (χ4v) is 2.86. The summed E-state index contributed by atoms with van der Waals surface area (Å²) in [4.78, 5) is 3.48. The average molecular weight is 289 g/mol. The molecule has 0 radical (unpaired) electrons. The lowest BCUT2D eigenvalue weighted by Gasteiger charge is -2.04. The molecule has 0 amide bonds. The van der Waals surface area contributed by atoms with E-state index in [1.54, 1.807) is 18.4 Å². The Morgan fingerprint density at radius 3 is 2.45 bits per heavy atom. The van der Waals surface area contributed by atoms with E-state index in [0.717, 1.165) is 39.0 Å². The molecule has 3 heteroatoms. The van der Waals surface area contributed by atoms with Crippen molar-refractivity contribution in [1.82, 2.24) is 4.98 Å². The predicted octanol–water partition coefficient (Wildman–Crippen LogP) is 5.11. The predicted molar refractivity (Wildman–Crippen MR) is 87.8 cm³/mol. The molecule has 108 valence electrons. The Kier molecular flexibility index (Phi) is 2.79. The quantitative estimate of drug-likeness (QED) is 0.538. The second-order valence-electron chi connectivity index (χ2n) is 5.41. The highest BCUT2D eigenvalue weighted by Crippen LogP contribution is 2.39. The number of furan rings is 1. The van der Waals surface area contributed by atoms with E-state index in [2.05, 4.69) is 17.1 Å². The molecule has 2 aromatic carbocycles. The summed E-state index contributed by atoms with van der Waals surface area (Å²) >= 11 is 0. The highest BCUT2D eigenvalue weighted by Gasteiger charge is 2.16. The Hall–Kier alpha value is -2.94. The molecule has 2 N–H and O–H groups in total. The van der Waals surface area contributed by atoms with Gasteiger partial charge >= 0.3 is 0 Å². The van der Waals surface area contributed by atoms with Crippen molar-refractivity contribution in [2.24, 2.45) is 0 Å². The Labute approximate surface area is 127 Å². The minimum Gasteiger partial charge on any atom is -0.508 e. The minimum atomic E-state index is 0.268. The van der Waals surface area contributed by atoms with Crippen LogP contribution in [0.1, 0.15) is 5.76 Å². The molecule has 4 aromatic rings. The first-order valence-corrected chi connectivity index (χ1v) is 7.18. The van der Waals surface area contributed by atoms with Crippen LogP contribution >= 0.6 is 0 Å². The van der Waals surface area contributed by atoms with Crippen LogP contribution in [-0.2, 0) is 0 Å². The van der Waals surface area contributed by atoms with Gasteiger partial charge in [0.2, 0.25) is 0 Å². The number of aryl methyl sites for hydroxylation is 1. The van der Waals surface area contributed by atoms with Gasteiger partial charge in [0.1, 0.15) is 11.5 Å². The molecule has 2 heterocycles. The molecule has 3 nitrogen and oxygen atoms in total. The number of phenolic OH excluding ortho intramolecular Hbond substituents is 1. The van der Waals surface area contributed by atoms with Gasteiger partial charge in [0.15, 0.2) is 0 Å². The van der Waals surface area contributed by atoms with Crippen LogP contribution in [-0.4, -0.2) is 10.1 Å². The van der Waals surface area contributed by atoms with Crippen LogP contribution in [0.3, 0.4) is 0 Å². The van der Waals surface area contributed by atoms with Gasteiger partial charge in [-0.3, -0.25) is 0 Å². The van der Waals surface area contributed by atoms with E-state index >= 15 is 0 Å². The molecule has 0 aliphatic carbocycles. The number of aromatic amines is 1. The summed E-state index contributed by atoms with van der Waals surface area (Å²) in [6.45, 7) is 1.94. The van der Waals surface area contributed by atoms with Gasteiger partial charge in [0.05, 0.1) is 12.0 Å². The first-order chi connectivity index (χ1) is 10.7. The smallest absolute Gasteiger partial charge is 0.115 e. The maximum absolute atomic E-state index is 9.53. The number of fused-ring (bicyclic) bond motifs is 1. The van der Waals surface area contributed by atoms with Gasteiger partial charge in [0, 0.05) is 22.0 Å². The maximum Gasteiger partial charge on any atom is 0.115 e. The third-order valence-electron chi connectivity index (χ3n) is 3.88. The largest absolute Gasteiger partial charge is 0.508 e. The van der Waals surface area contributed by atoms with Gasteiger partial charge in [-0.05, 0) is 36.8 Å². The first-order valence-electron chi connectivity index (χ1n) is 7.18. The zero-order chi connectivity index (χ0) is 15.1. The molecule has 2 aromatic heterocycles. The van der Waals surface area contributed by atoms with Gasteiger partial charge in [-0.2, -0.15) is 0 Å². The van der Waals surface area contributed by atoms with Gasteiger partial charge in [-0.25, -0.2) is 0 Å². The lowest BCUT2D eigenvalue weighted by molar-refractivity contribution is 0.475. The van der Waals surface area contributed by atoms with Crippen molar-refractivity contribution >= 4 is 10.9 Å². The third-order valence-corrected chi connectivity index (χ3v) is 3.88. The van der Waals surface area contributed by atoms with E-state index in [0.29, 0.717) is 0 Å². The minimum absolute atomic E-state index is 0.268. The fraction of sp³-hybridized carbons (Fsp3) is 0.0526. The normalized spacial score (nSPS) is 11.1. The monoisotopic (exact) mass is 289 g/mol. The molecule has 0 fully saturated rings. The van der Waals surface area contributed by atoms with Crippen molar-refractivity contribution in [2.45, 2.75) is 6.92 Å². The summed E-state index contributed by atoms with van der Waals surface area (Å²) in [6.07, 6.45) is 1.77. The lowest BCUT2D eigenvalue weighted by Crippen LogP contribution is -1.80. The SMILES string of the molecule is Cc1cc(-c2[nH]c3ccccc3c2-c2ccc(O)cc2)co1. The second kappa shape index (κ2) is 4.81. The Balaban J connectivity index is 2.03. The Bertz CT molecular complexity index is 945. The Morgan fingerprint density at radius 2 is 1.73 bits per heavy atom. The van der Waals surface area contributed by atoms with Crippen LogP contribution in [0.4, 0.5) is 0 Å². The molecule has 0 atom stereocenters. The van der Waals surface area contributed by atoms with Crippen LogP contribution in [0.2, 0.25) is 0 Å². The van der Waals surface area contributed by atoms with E-state index in [9.17, 15) is 5.11 Å². The summed E-state index contributed by atoms with van der Waals surface area (Å²) in [5, 5.41) is 10.7. The maximum atomic E-state index is 9.53. The van der Waals surface area contributed by atoms with Crippen molar-refractivity contribution < 1.29 is 9.52 Å². The number of aromatic nitrogens is 1. The van der Waals surface area contributed by atoms with Crippen molar-refractivity contribution in [3.8, 4) is 28.1 Å². The molecule has 0 bridgehead atoms. The van der Waals surface area contributed by atoms with E-state index in [-0.39, 0.29) is 5.75 Å². The van der Waals surface area contributed by atoms with Crippen LogP contribution in [0.5, 0.6) is 5.75 Å². The number of hydrogen-bond acceptors (Lipinski definition) is 2. The number of nitrogens with one attached hydrogen (secondary N) is 1. The van der Waals surface area contributed by atoms with E-state index in [1.807, 2.05) is 37.3 Å². The highest BCUT2D eigenvalue weighted by molar-refractivity contribution is 6.03. The highest BCUT2D eigenvalue weighted by atomic mass is 16.3. The summed E-state index contributed by atoms with van der Waals surface area (Å²) in [7, 11) is 0. The van der Waals surface area contributed by atoms with Gasteiger partial charge in [-0.1, -0.05) is 30.3 Å². The van der Waals surface area contributed by atoms with Gasteiger partial charge < -0.3 is 14.5 Å². The van der Waals surface area contributed by atoms with Gasteiger partial charge in [0.25, 0.3) is 0 Å². The molecule has 0 saturated heterocycles. The molecule has 0 unspecified atom stereocenters. The number of rotatable bonds is 2. The lowest BCUT2D eigenvalue weighted by atomic mass is 9.99. The topological polar surface area (TPSA) is 49.2 Å². The number of para-hydroxylation sites is 1. The van der Waals surface area contributed by atoms with Crippen LogP contribution in [0.15, 0.2) is 65.3 Å². The summed E-state index contributed by atoms with van der Waals surface area (Å²) in [5.41, 5.74) is 5.32. The first kappa shape index (κ1) is 12.8. The molecule has 0 aliphatic rings. The summed E-state index contributed by atoms with van der Waals surface area (Å²) < 4.78 is 5.46. The van der Waals surface area contributed by atoms with E-state index in [4.69, 9.17) is 4.42 Å². The number of phenols is 1.